The second kappa shape index (κ2) is 6.40. The topological polar surface area (TPSA) is 42.0 Å². The predicted molar refractivity (Wildman–Crippen MR) is 76.9 cm³/mol. The van der Waals surface area contributed by atoms with E-state index < -0.39 is 0 Å². The molecule has 0 aliphatic carbocycles. The van der Waals surface area contributed by atoms with Crippen molar-refractivity contribution in [2.45, 2.75) is 12.8 Å². The van der Waals surface area contributed by atoms with Crippen molar-refractivity contribution in [3.05, 3.63) is 42.1 Å². The molecule has 0 saturated heterocycles. The molecular formula is C14H16N2OS. The summed E-state index contributed by atoms with van der Waals surface area (Å²) in [6.07, 6.45) is 3.03. The lowest BCUT2D eigenvalue weighted by atomic mass is 10.0. The highest BCUT2D eigenvalue weighted by Gasteiger charge is 2.04. The van der Waals surface area contributed by atoms with Gasteiger partial charge in [-0.3, -0.25) is 9.78 Å². The minimum absolute atomic E-state index is 0.0740. The summed E-state index contributed by atoms with van der Waals surface area (Å²) >= 11 is 4.06. The summed E-state index contributed by atoms with van der Waals surface area (Å²) in [5, 5.41) is 3.95. The zero-order valence-corrected chi connectivity index (χ0v) is 11.0. The van der Waals surface area contributed by atoms with Gasteiger partial charge in [-0.25, -0.2) is 0 Å². The van der Waals surface area contributed by atoms with E-state index in [2.05, 4.69) is 22.9 Å². The van der Waals surface area contributed by atoms with Gasteiger partial charge in [0.2, 0.25) is 5.91 Å². The van der Waals surface area contributed by atoms with E-state index in [1.165, 1.54) is 5.56 Å². The molecule has 1 N–H and O–H groups in total. The summed E-state index contributed by atoms with van der Waals surface area (Å²) in [5.74, 6) is 0.745. The standard InChI is InChI=1S/C14H16N2OS/c17-14(16-9-10-18)6-5-11-7-8-15-13-4-2-1-3-12(11)13/h1-4,7-8,18H,5-6,9-10H2,(H,16,17). The third-order valence-electron chi connectivity index (χ3n) is 2.79. The fourth-order valence-corrected chi connectivity index (χ4v) is 2.02. The molecule has 2 rings (SSSR count). The largest absolute Gasteiger partial charge is 0.355 e. The SMILES string of the molecule is O=C(CCc1ccnc2ccccc12)NCCS. The number of amides is 1. The van der Waals surface area contributed by atoms with E-state index in [1.807, 2.05) is 30.3 Å². The summed E-state index contributed by atoms with van der Waals surface area (Å²) in [4.78, 5) is 15.9. The fourth-order valence-electron chi connectivity index (χ4n) is 1.90. The molecule has 0 atom stereocenters. The van der Waals surface area contributed by atoms with E-state index in [1.54, 1.807) is 6.20 Å². The van der Waals surface area contributed by atoms with Gasteiger partial charge in [-0.15, -0.1) is 0 Å². The molecule has 1 aromatic heterocycles. The van der Waals surface area contributed by atoms with Crippen LogP contribution in [0.3, 0.4) is 0 Å². The number of aryl methyl sites for hydroxylation is 1. The Morgan fingerprint density at radius 2 is 2.11 bits per heavy atom. The highest BCUT2D eigenvalue weighted by molar-refractivity contribution is 7.80. The number of fused-ring (bicyclic) bond motifs is 1. The van der Waals surface area contributed by atoms with E-state index in [4.69, 9.17) is 0 Å². The Morgan fingerprint density at radius 1 is 1.28 bits per heavy atom. The van der Waals surface area contributed by atoms with Crippen molar-refractivity contribution < 1.29 is 4.79 Å². The molecule has 94 valence electrons. The van der Waals surface area contributed by atoms with Crippen LogP contribution in [0, 0.1) is 0 Å². The van der Waals surface area contributed by atoms with E-state index in [0.717, 1.165) is 17.3 Å². The van der Waals surface area contributed by atoms with Gasteiger partial charge >= 0.3 is 0 Å². The maximum atomic E-state index is 11.6. The molecule has 0 bridgehead atoms. The highest BCUT2D eigenvalue weighted by atomic mass is 32.1. The lowest BCUT2D eigenvalue weighted by Crippen LogP contribution is -2.25. The molecule has 4 heteroatoms. The molecule has 2 aromatic rings. The summed E-state index contributed by atoms with van der Waals surface area (Å²) < 4.78 is 0. The van der Waals surface area contributed by atoms with E-state index in [9.17, 15) is 4.79 Å². The molecule has 1 aromatic carbocycles. The first-order valence-electron chi connectivity index (χ1n) is 6.01. The molecule has 0 aliphatic heterocycles. The van der Waals surface area contributed by atoms with Crippen LogP contribution in [0.2, 0.25) is 0 Å². The Balaban J connectivity index is 2.05. The monoisotopic (exact) mass is 260 g/mol. The summed E-state index contributed by atoms with van der Waals surface area (Å²) in [6, 6.07) is 9.98. The molecule has 0 aliphatic rings. The Bertz CT molecular complexity index is 537. The third kappa shape index (κ3) is 3.23. The first kappa shape index (κ1) is 12.9. The maximum absolute atomic E-state index is 11.6. The van der Waals surface area contributed by atoms with Gasteiger partial charge in [0.25, 0.3) is 0 Å². The summed E-state index contributed by atoms with van der Waals surface area (Å²) in [7, 11) is 0. The van der Waals surface area contributed by atoms with Gasteiger partial charge in [0.05, 0.1) is 5.52 Å². The van der Waals surface area contributed by atoms with Crippen molar-refractivity contribution in [1.82, 2.24) is 10.3 Å². The minimum Gasteiger partial charge on any atom is -0.355 e. The normalized spacial score (nSPS) is 10.5. The van der Waals surface area contributed by atoms with Gasteiger partial charge in [-0.2, -0.15) is 12.6 Å². The number of carbonyl (C=O) groups excluding carboxylic acids is 1. The van der Waals surface area contributed by atoms with Crippen LogP contribution in [0.5, 0.6) is 0 Å². The van der Waals surface area contributed by atoms with Crippen molar-refractivity contribution in [1.29, 1.82) is 0 Å². The van der Waals surface area contributed by atoms with Gasteiger partial charge in [0.1, 0.15) is 0 Å². The number of carbonyl (C=O) groups is 1. The van der Waals surface area contributed by atoms with Crippen LogP contribution in [-0.4, -0.2) is 23.2 Å². The molecule has 3 nitrogen and oxygen atoms in total. The Labute approximate surface area is 112 Å². The second-order valence-corrected chi connectivity index (χ2v) is 4.51. The number of nitrogens with zero attached hydrogens (tertiary/aromatic N) is 1. The second-order valence-electron chi connectivity index (χ2n) is 4.06. The molecule has 1 amide bonds. The zero-order valence-electron chi connectivity index (χ0n) is 10.1. The molecule has 0 fully saturated rings. The van der Waals surface area contributed by atoms with Gasteiger partial charge in [-0.05, 0) is 24.1 Å². The van der Waals surface area contributed by atoms with Crippen LogP contribution >= 0.6 is 12.6 Å². The smallest absolute Gasteiger partial charge is 0.220 e. The van der Waals surface area contributed by atoms with Gasteiger partial charge in [0.15, 0.2) is 0 Å². The highest BCUT2D eigenvalue weighted by Crippen LogP contribution is 2.17. The van der Waals surface area contributed by atoms with Crippen LogP contribution in [0.4, 0.5) is 0 Å². The van der Waals surface area contributed by atoms with Crippen LogP contribution in [0.25, 0.3) is 10.9 Å². The molecule has 0 unspecified atom stereocenters. The van der Waals surface area contributed by atoms with E-state index >= 15 is 0 Å². The van der Waals surface area contributed by atoms with E-state index in [-0.39, 0.29) is 5.91 Å². The molecular weight excluding hydrogens is 244 g/mol. The number of hydrogen-bond donors (Lipinski definition) is 2. The van der Waals surface area contributed by atoms with Crippen LogP contribution < -0.4 is 5.32 Å². The number of nitrogens with one attached hydrogen (secondary N) is 1. The minimum atomic E-state index is 0.0740. The van der Waals surface area contributed by atoms with Crippen molar-refractivity contribution in [2.75, 3.05) is 12.3 Å². The fraction of sp³-hybridized carbons (Fsp3) is 0.286. The first-order valence-corrected chi connectivity index (χ1v) is 6.64. The van der Waals surface area contributed by atoms with Crippen molar-refractivity contribution in [3.63, 3.8) is 0 Å². The Hall–Kier alpha value is -1.55. The van der Waals surface area contributed by atoms with Gasteiger partial charge in [0, 0.05) is 30.3 Å². The molecule has 0 spiro atoms. The van der Waals surface area contributed by atoms with Crippen molar-refractivity contribution in [3.8, 4) is 0 Å². The van der Waals surface area contributed by atoms with Crippen molar-refractivity contribution in [2.24, 2.45) is 0 Å². The average molecular weight is 260 g/mol. The Kier molecular flexibility index (Phi) is 4.59. The molecule has 18 heavy (non-hydrogen) atoms. The number of aromatic nitrogens is 1. The van der Waals surface area contributed by atoms with Crippen LogP contribution in [0.15, 0.2) is 36.5 Å². The maximum Gasteiger partial charge on any atom is 0.220 e. The molecule has 0 radical (unpaired) electrons. The summed E-state index contributed by atoms with van der Waals surface area (Å²) in [6.45, 7) is 0.624. The third-order valence-corrected chi connectivity index (χ3v) is 3.02. The van der Waals surface area contributed by atoms with Crippen LogP contribution in [0.1, 0.15) is 12.0 Å². The number of hydrogen-bond acceptors (Lipinski definition) is 3. The first-order chi connectivity index (χ1) is 8.81. The van der Waals surface area contributed by atoms with Gasteiger partial charge < -0.3 is 5.32 Å². The number of pyridine rings is 1. The number of thiol groups is 1. The number of para-hydroxylation sites is 1. The Morgan fingerprint density at radius 3 is 2.94 bits per heavy atom. The van der Waals surface area contributed by atoms with E-state index in [0.29, 0.717) is 18.7 Å². The average Bonchev–Trinajstić information content (AvgIpc) is 2.42. The quantitative estimate of drug-likeness (QED) is 0.809. The zero-order chi connectivity index (χ0) is 12.8. The lowest BCUT2D eigenvalue weighted by molar-refractivity contribution is -0.120. The molecule has 0 saturated carbocycles. The van der Waals surface area contributed by atoms with Crippen molar-refractivity contribution >= 4 is 29.4 Å². The lowest BCUT2D eigenvalue weighted by Gasteiger charge is -2.06. The number of rotatable bonds is 5. The molecule has 1 heterocycles. The van der Waals surface area contributed by atoms with Crippen LogP contribution in [-0.2, 0) is 11.2 Å². The number of benzene rings is 1. The predicted octanol–water partition coefficient (Wildman–Crippen LogP) is 2.21. The van der Waals surface area contributed by atoms with Gasteiger partial charge in [-0.1, -0.05) is 18.2 Å². The summed E-state index contributed by atoms with van der Waals surface area (Å²) in [5.41, 5.74) is 2.15.